The minimum absolute atomic E-state index is 0.246. The number of aromatic amines is 1. The predicted octanol–water partition coefficient (Wildman–Crippen LogP) is 3.11. The molecule has 1 aromatic heterocycles. The third-order valence-corrected chi connectivity index (χ3v) is 2.98. The number of hydrogen-bond donors (Lipinski definition) is 1. The maximum absolute atomic E-state index is 12.8. The van der Waals surface area contributed by atoms with Crippen molar-refractivity contribution in [3.63, 3.8) is 0 Å². The topological polar surface area (TPSA) is 45.8 Å². The van der Waals surface area contributed by atoms with Gasteiger partial charge in [-0.1, -0.05) is 12.1 Å². The molecule has 0 saturated carbocycles. The Morgan fingerprint density at radius 2 is 1.95 bits per heavy atom. The smallest absolute Gasteiger partial charge is 0.150 e. The van der Waals surface area contributed by atoms with Gasteiger partial charge in [0.1, 0.15) is 17.9 Å². The third kappa shape index (κ3) is 2.38. The summed E-state index contributed by atoms with van der Waals surface area (Å²) in [4.78, 5) is 18.3. The normalized spacial score (nSPS) is 10.8. The van der Waals surface area contributed by atoms with Gasteiger partial charge < -0.3 is 4.98 Å². The van der Waals surface area contributed by atoms with E-state index in [-0.39, 0.29) is 5.82 Å². The number of imidazole rings is 1. The number of rotatable bonds is 3. The highest BCUT2D eigenvalue weighted by Gasteiger charge is 2.04. The first-order chi connectivity index (χ1) is 9.24. The van der Waals surface area contributed by atoms with Gasteiger partial charge in [0.25, 0.3) is 0 Å². The van der Waals surface area contributed by atoms with Crippen LogP contribution in [0.25, 0.3) is 11.0 Å². The highest BCUT2D eigenvalue weighted by Crippen LogP contribution is 2.15. The van der Waals surface area contributed by atoms with Crippen LogP contribution in [0.3, 0.4) is 0 Å². The van der Waals surface area contributed by atoms with Gasteiger partial charge in [0, 0.05) is 12.0 Å². The Morgan fingerprint density at radius 3 is 2.68 bits per heavy atom. The van der Waals surface area contributed by atoms with E-state index in [1.165, 1.54) is 12.1 Å². The summed E-state index contributed by atoms with van der Waals surface area (Å²) in [6, 6.07) is 11.6. The molecule has 0 saturated heterocycles. The van der Waals surface area contributed by atoms with E-state index < -0.39 is 0 Å². The van der Waals surface area contributed by atoms with Gasteiger partial charge in [-0.3, -0.25) is 4.79 Å². The molecule has 1 N–H and O–H groups in total. The number of fused-ring (bicyclic) bond motifs is 1. The molecule has 0 aliphatic carbocycles. The molecule has 0 bridgehead atoms. The molecule has 0 fully saturated rings. The Hall–Kier alpha value is -2.49. The number of halogens is 1. The van der Waals surface area contributed by atoms with Gasteiger partial charge >= 0.3 is 0 Å². The van der Waals surface area contributed by atoms with Gasteiger partial charge in [-0.2, -0.15) is 0 Å². The predicted molar refractivity (Wildman–Crippen MR) is 70.7 cm³/mol. The van der Waals surface area contributed by atoms with E-state index in [1.54, 1.807) is 24.3 Å². The molecule has 0 radical (unpaired) electrons. The van der Waals surface area contributed by atoms with Crippen molar-refractivity contribution < 1.29 is 9.18 Å². The summed E-state index contributed by atoms with van der Waals surface area (Å²) in [5.74, 6) is 0.550. The van der Waals surface area contributed by atoms with Crippen molar-refractivity contribution in [3.8, 4) is 0 Å². The molecule has 3 aromatic rings. The van der Waals surface area contributed by atoms with Crippen molar-refractivity contribution in [1.82, 2.24) is 9.97 Å². The van der Waals surface area contributed by atoms with E-state index >= 15 is 0 Å². The molecular formula is C15H11FN2O. The molecule has 3 rings (SSSR count). The summed E-state index contributed by atoms with van der Waals surface area (Å²) in [6.45, 7) is 0. The van der Waals surface area contributed by atoms with E-state index in [2.05, 4.69) is 9.97 Å². The second kappa shape index (κ2) is 4.65. The molecule has 0 aliphatic rings. The quantitative estimate of drug-likeness (QED) is 0.730. The second-order valence-electron chi connectivity index (χ2n) is 4.38. The lowest BCUT2D eigenvalue weighted by atomic mass is 10.1. The van der Waals surface area contributed by atoms with Crippen LogP contribution in [0.4, 0.5) is 4.39 Å². The molecule has 0 unspecified atom stereocenters. The van der Waals surface area contributed by atoms with Crippen LogP contribution >= 0.6 is 0 Å². The summed E-state index contributed by atoms with van der Waals surface area (Å²) >= 11 is 0. The summed E-state index contributed by atoms with van der Waals surface area (Å²) in [5, 5.41) is 0. The highest BCUT2D eigenvalue weighted by molar-refractivity contribution is 5.84. The van der Waals surface area contributed by atoms with Gasteiger partial charge in [-0.25, -0.2) is 9.37 Å². The molecule has 0 aliphatic heterocycles. The Bertz CT molecular complexity index is 731. The fourth-order valence-corrected chi connectivity index (χ4v) is 2.03. The lowest BCUT2D eigenvalue weighted by Gasteiger charge is -1.97. The van der Waals surface area contributed by atoms with Crippen LogP contribution in [-0.2, 0) is 6.42 Å². The maximum atomic E-state index is 12.8. The minimum atomic E-state index is -0.246. The number of nitrogens with one attached hydrogen (secondary N) is 1. The Morgan fingerprint density at radius 1 is 1.16 bits per heavy atom. The number of aldehydes is 1. The average Bonchev–Trinajstić information content (AvgIpc) is 2.82. The van der Waals surface area contributed by atoms with Crippen LogP contribution < -0.4 is 0 Å². The molecule has 3 nitrogen and oxygen atoms in total. The molecular weight excluding hydrogens is 243 g/mol. The van der Waals surface area contributed by atoms with Crippen molar-refractivity contribution in [2.24, 2.45) is 0 Å². The van der Waals surface area contributed by atoms with Gasteiger partial charge in [-0.05, 0) is 35.9 Å². The van der Waals surface area contributed by atoms with E-state index in [0.717, 1.165) is 28.7 Å². The summed E-state index contributed by atoms with van der Waals surface area (Å²) < 4.78 is 12.8. The summed E-state index contributed by atoms with van der Waals surface area (Å²) in [5.41, 5.74) is 3.25. The first-order valence-electron chi connectivity index (χ1n) is 5.93. The largest absolute Gasteiger partial charge is 0.342 e. The molecule has 0 spiro atoms. The van der Waals surface area contributed by atoms with Crippen LogP contribution in [0.15, 0.2) is 42.5 Å². The van der Waals surface area contributed by atoms with Gasteiger partial charge in [-0.15, -0.1) is 0 Å². The number of benzene rings is 2. The van der Waals surface area contributed by atoms with Crippen LogP contribution in [0.2, 0.25) is 0 Å². The molecule has 0 amide bonds. The van der Waals surface area contributed by atoms with Gasteiger partial charge in [0.15, 0.2) is 0 Å². The second-order valence-corrected chi connectivity index (χ2v) is 4.38. The molecule has 0 atom stereocenters. The zero-order chi connectivity index (χ0) is 13.2. The lowest BCUT2D eigenvalue weighted by Crippen LogP contribution is -1.90. The summed E-state index contributed by atoms with van der Waals surface area (Å²) in [7, 11) is 0. The van der Waals surface area contributed by atoms with E-state index in [4.69, 9.17) is 0 Å². The molecule has 2 aromatic carbocycles. The third-order valence-electron chi connectivity index (χ3n) is 2.98. The van der Waals surface area contributed by atoms with Crippen LogP contribution in [0.1, 0.15) is 21.7 Å². The van der Waals surface area contributed by atoms with Gasteiger partial charge in [0.05, 0.1) is 11.0 Å². The van der Waals surface area contributed by atoms with Crippen molar-refractivity contribution in [3.05, 3.63) is 65.2 Å². The van der Waals surface area contributed by atoms with E-state index in [0.29, 0.717) is 12.0 Å². The van der Waals surface area contributed by atoms with Gasteiger partial charge in [0.2, 0.25) is 0 Å². The Kier molecular flexibility index (Phi) is 2.83. The maximum Gasteiger partial charge on any atom is 0.150 e. The molecule has 1 heterocycles. The number of carbonyl (C=O) groups is 1. The van der Waals surface area contributed by atoms with Crippen LogP contribution in [0.5, 0.6) is 0 Å². The van der Waals surface area contributed by atoms with E-state index in [1.807, 2.05) is 6.07 Å². The fourth-order valence-electron chi connectivity index (χ4n) is 2.03. The van der Waals surface area contributed by atoms with Crippen molar-refractivity contribution in [2.75, 3.05) is 0 Å². The van der Waals surface area contributed by atoms with E-state index in [9.17, 15) is 9.18 Å². The van der Waals surface area contributed by atoms with Crippen LogP contribution in [0, 0.1) is 5.82 Å². The first-order valence-corrected chi connectivity index (χ1v) is 5.93. The number of carbonyl (C=O) groups excluding carboxylic acids is 1. The summed E-state index contributed by atoms with van der Waals surface area (Å²) in [6.07, 6.45) is 1.41. The first kappa shape index (κ1) is 11.6. The van der Waals surface area contributed by atoms with Crippen molar-refractivity contribution in [2.45, 2.75) is 6.42 Å². The SMILES string of the molecule is O=Cc1ccc2nc(Cc3ccc(F)cc3)[nH]c2c1. The average molecular weight is 254 g/mol. The monoisotopic (exact) mass is 254 g/mol. The number of hydrogen-bond acceptors (Lipinski definition) is 2. The zero-order valence-corrected chi connectivity index (χ0v) is 10.1. The molecule has 94 valence electrons. The van der Waals surface area contributed by atoms with Crippen molar-refractivity contribution in [1.29, 1.82) is 0 Å². The fraction of sp³-hybridized carbons (Fsp3) is 0.0667. The Balaban J connectivity index is 1.92. The Labute approximate surface area is 109 Å². The number of H-pyrrole nitrogens is 1. The lowest BCUT2D eigenvalue weighted by molar-refractivity contribution is 0.112. The standard InChI is InChI=1S/C15H11FN2O/c16-12-4-1-10(2-5-12)8-15-17-13-6-3-11(9-19)7-14(13)18-15/h1-7,9H,8H2,(H,17,18). The highest BCUT2D eigenvalue weighted by atomic mass is 19.1. The molecule has 19 heavy (non-hydrogen) atoms. The number of nitrogens with zero attached hydrogens (tertiary/aromatic N) is 1. The van der Waals surface area contributed by atoms with Crippen molar-refractivity contribution >= 4 is 17.3 Å². The van der Waals surface area contributed by atoms with Crippen LogP contribution in [-0.4, -0.2) is 16.3 Å². The molecule has 4 heteroatoms. The minimum Gasteiger partial charge on any atom is -0.342 e. The number of aromatic nitrogens is 2. The zero-order valence-electron chi connectivity index (χ0n) is 10.1.